The van der Waals surface area contributed by atoms with E-state index in [-0.39, 0.29) is 5.41 Å². The third-order valence-electron chi connectivity index (χ3n) is 16.2. The summed E-state index contributed by atoms with van der Waals surface area (Å²) in [6.45, 7) is 4.89. The largest absolute Gasteiger partial charge is 0.310 e. The second-order valence-corrected chi connectivity index (χ2v) is 20.0. The zero-order valence-corrected chi connectivity index (χ0v) is 34.0. The van der Waals surface area contributed by atoms with Crippen molar-refractivity contribution in [2.24, 2.45) is 17.8 Å². The van der Waals surface area contributed by atoms with Crippen molar-refractivity contribution < 1.29 is 0 Å². The van der Waals surface area contributed by atoms with Gasteiger partial charge in [-0.1, -0.05) is 125 Å². The molecule has 0 atom stereocenters. The molecule has 0 radical (unpaired) electrons. The number of hydrogen-bond donors (Lipinski definition) is 0. The van der Waals surface area contributed by atoms with E-state index in [9.17, 15) is 0 Å². The van der Waals surface area contributed by atoms with E-state index in [1.165, 1.54) is 164 Å². The van der Waals surface area contributed by atoms with Crippen LogP contribution >= 0.6 is 0 Å². The molecule has 12 rings (SSSR count). The summed E-state index contributed by atoms with van der Waals surface area (Å²) in [7, 11) is 0. The number of fused-ring (bicyclic) bond motifs is 3. The first-order valence-electron chi connectivity index (χ1n) is 22.8. The molecule has 0 saturated heterocycles. The van der Waals surface area contributed by atoms with Crippen molar-refractivity contribution in [2.75, 3.05) is 4.90 Å². The zero-order chi connectivity index (χ0) is 37.4. The lowest BCUT2D eigenvalue weighted by Gasteiger charge is -2.57. The van der Waals surface area contributed by atoms with E-state index in [0.29, 0.717) is 11.3 Å². The summed E-state index contributed by atoms with van der Waals surface area (Å²) >= 11 is 0. The lowest BCUT2D eigenvalue weighted by molar-refractivity contribution is -0.00518. The Hall–Kier alpha value is -4.10. The monoisotopic (exact) mass is 735 g/mol. The average Bonchev–Trinajstić information content (AvgIpc) is 3.47. The van der Waals surface area contributed by atoms with Crippen LogP contribution in [0.1, 0.15) is 156 Å². The second kappa shape index (κ2) is 13.8. The Morgan fingerprint density at radius 3 is 1.57 bits per heavy atom. The second-order valence-electron chi connectivity index (χ2n) is 20.0. The van der Waals surface area contributed by atoms with Gasteiger partial charge in [0, 0.05) is 22.5 Å². The van der Waals surface area contributed by atoms with E-state index in [0.717, 1.165) is 23.7 Å². The van der Waals surface area contributed by atoms with Gasteiger partial charge >= 0.3 is 0 Å². The summed E-state index contributed by atoms with van der Waals surface area (Å²) in [5.74, 6) is 4.32. The summed E-state index contributed by atoms with van der Waals surface area (Å²) in [5, 5.41) is 0. The van der Waals surface area contributed by atoms with E-state index >= 15 is 0 Å². The Kier molecular flexibility index (Phi) is 8.64. The third-order valence-corrected chi connectivity index (χ3v) is 16.2. The number of hydrogen-bond acceptors (Lipinski definition) is 1. The molecule has 5 aromatic carbocycles. The Labute approximate surface area is 337 Å². The van der Waals surface area contributed by atoms with Crippen molar-refractivity contribution in [1.82, 2.24) is 0 Å². The van der Waals surface area contributed by atoms with Crippen LogP contribution in [0.3, 0.4) is 0 Å². The molecule has 4 bridgehead atoms. The van der Waals surface area contributed by atoms with Gasteiger partial charge in [0.1, 0.15) is 0 Å². The molecule has 6 fully saturated rings. The van der Waals surface area contributed by atoms with E-state index < -0.39 is 0 Å². The SMILES string of the molecule is CC1(C)c2cc(N(c3ccc(C4CCCCC4)cc3)c3ccc(C45CC6CC(CC(C6)C4)C5)cc3)ccc2-c2c(-c3ccc(C4CCCCC4)cc3)cccc21. The van der Waals surface area contributed by atoms with Crippen LogP contribution in [0.25, 0.3) is 22.3 Å². The molecule has 5 aromatic rings. The molecule has 0 aliphatic heterocycles. The Balaban J connectivity index is 0.969. The third kappa shape index (κ3) is 5.93. The molecule has 1 nitrogen and oxygen atoms in total. The standard InChI is InChI=1S/C55H61N/c1-54(2)51-15-9-14-49(44-18-16-42(17-19-44)40-10-5-3-6-11-40)53(51)50-29-28-48(33-52(50)54)56(46-24-20-43(21-25-46)41-12-7-4-8-13-41)47-26-22-45(23-27-47)55-34-37-30-38(35-55)32-39(31-37)36-55/h9,14-29,33,37-41H,3-8,10-13,30-32,34-36H2,1-2H3. The minimum atomic E-state index is -0.0996. The molecule has 7 aliphatic rings. The van der Waals surface area contributed by atoms with Crippen LogP contribution in [0.15, 0.2) is 109 Å². The van der Waals surface area contributed by atoms with Crippen LogP contribution in [-0.2, 0) is 10.8 Å². The topological polar surface area (TPSA) is 3.24 Å². The molecule has 0 aromatic heterocycles. The van der Waals surface area contributed by atoms with E-state index in [1.807, 2.05) is 0 Å². The number of rotatable bonds is 7. The molecule has 0 N–H and O–H groups in total. The maximum atomic E-state index is 2.55. The lowest BCUT2D eigenvalue weighted by Crippen LogP contribution is -2.48. The molecule has 0 amide bonds. The summed E-state index contributed by atoms with van der Waals surface area (Å²) in [4.78, 5) is 2.55. The highest BCUT2D eigenvalue weighted by Crippen LogP contribution is 2.61. The maximum Gasteiger partial charge on any atom is 0.0465 e. The molecule has 1 heteroatoms. The predicted octanol–water partition coefficient (Wildman–Crippen LogP) is 15.7. The predicted molar refractivity (Wildman–Crippen MR) is 236 cm³/mol. The van der Waals surface area contributed by atoms with Crippen molar-refractivity contribution >= 4 is 17.1 Å². The molecular formula is C55H61N. The minimum absolute atomic E-state index is 0.0996. The lowest BCUT2D eigenvalue weighted by atomic mass is 9.48. The average molecular weight is 736 g/mol. The maximum absolute atomic E-state index is 2.55. The number of anilines is 3. The van der Waals surface area contributed by atoms with Crippen molar-refractivity contribution in [2.45, 2.75) is 139 Å². The van der Waals surface area contributed by atoms with Gasteiger partial charge in [-0.05, 0) is 186 Å². The quantitative estimate of drug-likeness (QED) is 0.161. The van der Waals surface area contributed by atoms with Crippen molar-refractivity contribution in [3.05, 3.63) is 137 Å². The van der Waals surface area contributed by atoms with Crippen molar-refractivity contribution in [3.63, 3.8) is 0 Å². The summed E-state index contributed by atoms with van der Waals surface area (Å²) in [6.07, 6.45) is 22.4. The van der Waals surface area contributed by atoms with Crippen LogP contribution in [0.5, 0.6) is 0 Å². The molecule has 0 spiro atoms. The van der Waals surface area contributed by atoms with Gasteiger partial charge in [0.05, 0.1) is 0 Å². The van der Waals surface area contributed by atoms with Gasteiger partial charge < -0.3 is 4.90 Å². The Bertz CT molecular complexity index is 2170. The fourth-order valence-electron chi connectivity index (χ4n) is 13.7. The van der Waals surface area contributed by atoms with Crippen LogP contribution in [0.2, 0.25) is 0 Å². The zero-order valence-electron chi connectivity index (χ0n) is 34.0. The summed E-state index contributed by atoms with van der Waals surface area (Å²) in [5.41, 5.74) is 17.2. The minimum Gasteiger partial charge on any atom is -0.310 e. The first-order valence-corrected chi connectivity index (χ1v) is 22.8. The molecular weight excluding hydrogens is 675 g/mol. The molecule has 56 heavy (non-hydrogen) atoms. The number of nitrogens with zero attached hydrogens (tertiary/aromatic N) is 1. The highest BCUT2D eigenvalue weighted by molar-refractivity contribution is 5.94. The summed E-state index contributed by atoms with van der Waals surface area (Å²) in [6, 6.07) is 43.8. The van der Waals surface area contributed by atoms with Gasteiger partial charge in [0.2, 0.25) is 0 Å². The highest BCUT2D eigenvalue weighted by atomic mass is 15.1. The Morgan fingerprint density at radius 1 is 0.482 bits per heavy atom. The molecule has 6 saturated carbocycles. The van der Waals surface area contributed by atoms with Crippen LogP contribution < -0.4 is 4.90 Å². The first kappa shape index (κ1) is 35.1. The Morgan fingerprint density at radius 2 is 1.00 bits per heavy atom. The van der Waals surface area contributed by atoms with Gasteiger partial charge in [-0.15, -0.1) is 0 Å². The fraction of sp³-hybridized carbons (Fsp3) is 0.455. The first-order chi connectivity index (χ1) is 27.4. The van der Waals surface area contributed by atoms with Crippen LogP contribution in [0.4, 0.5) is 17.1 Å². The van der Waals surface area contributed by atoms with Crippen LogP contribution in [-0.4, -0.2) is 0 Å². The fourth-order valence-corrected chi connectivity index (χ4v) is 13.7. The van der Waals surface area contributed by atoms with Gasteiger partial charge in [-0.25, -0.2) is 0 Å². The smallest absolute Gasteiger partial charge is 0.0465 e. The van der Waals surface area contributed by atoms with Gasteiger partial charge in [0.25, 0.3) is 0 Å². The van der Waals surface area contributed by atoms with Gasteiger partial charge in [0.15, 0.2) is 0 Å². The van der Waals surface area contributed by atoms with Gasteiger partial charge in [-0.2, -0.15) is 0 Å². The molecule has 0 unspecified atom stereocenters. The highest BCUT2D eigenvalue weighted by Gasteiger charge is 2.51. The number of benzene rings is 5. The van der Waals surface area contributed by atoms with Crippen LogP contribution in [0, 0.1) is 17.8 Å². The van der Waals surface area contributed by atoms with E-state index in [4.69, 9.17) is 0 Å². The van der Waals surface area contributed by atoms with Gasteiger partial charge in [-0.3, -0.25) is 0 Å². The van der Waals surface area contributed by atoms with E-state index in [1.54, 1.807) is 5.56 Å². The van der Waals surface area contributed by atoms with Crippen molar-refractivity contribution in [1.29, 1.82) is 0 Å². The molecule has 286 valence electrons. The molecule has 7 aliphatic carbocycles. The summed E-state index contributed by atoms with van der Waals surface area (Å²) < 4.78 is 0. The van der Waals surface area contributed by atoms with E-state index in [2.05, 4.69) is 128 Å². The normalized spacial score (nSPS) is 26.6. The van der Waals surface area contributed by atoms with Crippen molar-refractivity contribution in [3.8, 4) is 22.3 Å². The molecule has 0 heterocycles.